The van der Waals surface area contributed by atoms with E-state index in [-0.39, 0.29) is 7.69 Å². The molecule has 0 fully saturated rings. The highest BCUT2D eigenvalue weighted by Gasteiger charge is 2.02. The zero-order valence-corrected chi connectivity index (χ0v) is 7.40. The Morgan fingerprint density at radius 3 is 2.15 bits per heavy atom. The van der Waals surface area contributed by atoms with Crippen LogP contribution in [0.3, 0.4) is 0 Å². The number of hydrogen-bond donors (Lipinski definition) is 3. The fourth-order valence-corrected chi connectivity index (χ4v) is 0.890. The monoisotopic (exact) mass is 200 g/mol. The molecule has 0 aliphatic carbocycles. The summed E-state index contributed by atoms with van der Waals surface area (Å²) in [5.74, 6) is -0.495. The number of carbonyl (C=O) groups excluding carboxylic acids is 1. The van der Waals surface area contributed by atoms with Crippen LogP contribution in [0.15, 0.2) is 24.3 Å². The fourth-order valence-electron chi connectivity index (χ4n) is 0.661. The summed E-state index contributed by atoms with van der Waals surface area (Å²) >= 11 is 5.62. The summed E-state index contributed by atoms with van der Waals surface area (Å²) in [6, 6.07) is 6.67. The molecule has 69 valence electrons. The maximum absolute atomic E-state index is 10.6. The Labute approximate surface area is 81.3 Å². The first-order chi connectivity index (χ1) is 6.13. The van der Waals surface area contributed by atoms with Gasteiger partial charge in [0.1, 0.15) is 0 Å². The van der Waals surface area contributed by atoms with Crippen LogP contribution in [0.2, 0.25) is 5.02 Å². The number of primary amides is 1. The second-order valence-electron chi connectivity index (χ2n) is 1.96. The maximum Gasteiger partial charge on any atom is 0.482 e. The fraction of sp³-hybridized carbons (Fsp3) is 0. The molecule has 1 aromatic rings. The molecule has 0 bridgehead atoms. The number of nitrogens with two attached hydrogens (primary N) is 1. The first kappa shape index (κ1) is 12.0. The molecule has 0 heterocycles. The van der Waals surface area contributed by atoms with Gasteiger partial charge in [0, 0.05) is 0 Å². The third-order valence-corrected chi connectivity index (χ3v) is 1.47. The van der Waals surface area contributed by atoms with Crippen LogP contribution in [0.25, 0.3) is 0 Å². The van der Waals surface area contributed by atoms with Gasteiger partial charge in [-0.3, -0.25) is 4.79 Å². The highest BCUT2D eigenvalue weighted by Crippen LogP contribution is 2.13. The molecule has 0 spiro atoms. The standard InChI is InChI=1S/C7H6ClNO.BH2O2/c8-6-4-2-1-3-5(6)7(9)10;2-1-3/h1-4H,(H2,9,10);2-3H. The Bertz CT molecular complexity index is 282. The number of benzene rings is 1. The second kappa shape index (κ2) is 6.48. The minimum absolute atomic E-state index is 0. The van der Waals surface area contributed by atoms with Crippen LogP contribution >= 0.6 is 11.6 Å². The molecule has 0 saturated heterocycles. The van der Waals surface area contributed by atoms with E-state index in [0.29, 0.717) is 10.6 Å². The van der Waals surface area contributed by atoms with E-state index >= 15 is 0 Å². The van der Waals surface area contributed by atoms with E-state index in [1.807, 2.05) is 0 Å². The maximum atomic E-state index is 10.6. The van der Waals surface area contributed by atoms with Gasteiger partial charge in [0.2, 0.25) is 5.91 Å². The Kier molecular flexibility index (Phi) is 5.96. The molecular formula is C7H8BClNO3. The summed E-state index contributed by atoms with van der Waals surface area (Å²) in [5, 5.41) is 14.4. The van der Waals surface area contributed by atoms with Gasteiger partial charge in [0.05, 0.1) is 10.6 Å². The van der Waals surface area contributed by atoms with Gasteiger partial charge >= 0.3 is 7.69 Å². The van der Waals surface area contributed by atoms with Crippen molar-refractivity contribution in [3.63, 3.8) is 0 Å². The van der Waals surface area contributed by atoms with E-state index in [9.17, 15) is 4.79 Å². The lowest BCUT2D eigenvalue weighted by Crippen LogP contribution is -2.10. The number of amides is 1. The van der Waals surface area contributed by atoms with Crippen LogP contribution < -0.4 is 5.73 Å². The lowest BCUT2D eigenvalue weighted by molar-refractivity contribution is 0.100. The predicted molar refractivity (Wildman–Crippen MR) is 50.2 cm³/mol. The smallest absolute Gasteiger partial charge is 0.429 e. The number of carbonyl (C=O) groups is 1. The minimum atomic E-state index is -0.495. The number of halogens is 1. The van der Waals surface area contributed by atoms with Crippen LogP contribution in [0.4, 0.5) is 0 Å². The van der Waals surface area contributed by atoms with Crippen molar-refractivity contribution in [2.24, 2.45) is 5.73 Å². The molecular weight excluding hydrogens is 192 g/mol. The summed E-state index contributed by atoms with van der Waals surface area (Å²) in [6.07, 6.45) is 0. The normalized spacial score (nSPS) is 8.23. The molecule has 4 nitrogen and oxygen atoms in total. The molecule has 1 amide bonds. The van der Waals surface area contributed by atoms with E-state index in [1.54, 1.807) is 24.3 Å². The molecule has 0 atom stereocenters. The largest absolute Gasteiger partial charge is 0.482 e. The number of rotatable bonds is 1. The molecule has 0 aliphatic rings. The predicted octanol–water partition coefficient (Wildman–Crippen LogP) is -0.0559. The van der Waals surface area contributed by atoms with Crippen molar-refractivity contribution in [1.82, 2.24) is 0 Å². The minimum Gasteiger partial charge on any atom is -0.429 e. The summed E-state index contributed by atoms with van der Waals surface area (Å²) in [6.45, 7) is 0. The van der Waals surface area contributed by atoms with Crippen molar-refractivity contribution in [3.05, 3.63) is 34.9 Å². The van der Waals surface area contributed by atoms with Gasteiger partial charge in [0.25, 0.3) is 0 Å². The van der Waals surface area contributed by atoms with E-state index < -0.39 is 5.91 Å². The van der Waals surface area contributed by atoms with Crippen molar-refractivity contribution in [2.75, 3.05) is 0 Å². The van der Waals surface area contributed by atoms with Gasteiger partial charge in [0.15, 0.2) is 0 Å². The third kappa shape index (κ3) is 4.52. The quantitative estimate of drug-likeness (QED) is 0.556. The third-order valence-electron chi connectivity index (χ3n) is 1.14. The average molecular weight is 200 g/mol. The van der Waals surface area contributed by atoms with Crippen LogP contribution in [0.5, 0.6) is 0 Å². The van der Waals surface area contributed by atoms with Gasteiger partial charge in [-0.2, -0.15) is 0 Å². The highest BCUT2D eigenvalue weighted by atomic mass is 35.5. The van der Waals surface area contributed by atoms with Crippen LogP contribution in [0, 0.1) is 0 Å². The molecule has 0 unspecified atom stereocenters. The zero-order chi connectivity index (χ0) is 10.3. The Hall–Kier alpha value is -1.04. The molecule has 0 aliphatic heterocycles. The van der Waals surface area contributed by atoms with Crippen molar-refractivity contribution in [1.29, 1.82) is 0 Å². The summed E-state index contributed by atoms with van der Waals surface area (Å²) < 4.78 is 0. The topological polar surface area (TPSA) is 83.6 Å². The molecule has 0 aromatic heterocycles. The van der Waals surface area contributed by atoms with Crippen molar-refractivity contribution in [3.8, 4) is 0 Å². The lowest BCUT2D eigenvalue weighted by atomic mass is 10.2. The summed E-state index contributed by atoms with van der Waals surface area (Å²) in [4.78, 5) is 10.6. The van der Waals surface area contributed by atoms with Crippen LogP contribution in [-0.4, -0.2) is 23.6 Å². The average Bonchev–Trinajstić information content (AvgIpc) is 2.06. The summed E-state index contributed by atoms with van der Waals surface area (Å²) in [5.41, 5.74) is 5.36. The van der Waals surface area contributed by atoms with Gasteiger partial charge in [-0.25, -0.2) is 0 Å². The summed E-state index contributed by atoms with van der Waals surface area (Å²) in [7, 11) is 0. The van der Waals surface area contributed by atoms with Crippen molar-refractivity contribution >= 4 is 25.2 Å². The molecule has 4 N–H and O–H groups in total. The van der Waals surface area contributed by atoms with E-state index in [4.69, 9.17) is 27.4 Å². The van der Waals surface area contributed by atoms with Gasteiger partial charge in [-0.05, 0) is 12.1 Å². The molecule has 6 heteroatoms. The molecule has 0 saturated carbocycles. The van der Waals surface area contributed by atoms with Crippen LogP contribution in [0.1, 0.15) is 10.4 Å². The highest BCUT2D eigenvalue weighted by molar-refractivity contribution is 6.33. The first-order valence-corrected chi connectivity index (χ1v) is 3.65. The van der Waals surface area contributed by atoms with Gasteiger partial charge in [-0.1, -0.05) is 23.7 Å². The van der Waals surface area contributed by atoms with Crippen LogP contribution in [-0.2, 0) is 0 Å². The van der Waals surface area contributed by atoms with E-state index in [1.165, 1.54) is 0 Å². The lowest BCUT2D eigenvalue weighted by Gasteiger charge is -1.95. The van der Waals surface area contributed by atoms with E-state index in [0.717, 1.165) is 0 Å². The second-order valence-corrected chi connectivity index (χ2v) is 2.37. The van der Waals surface area contributed by atoms with Gasteiger partial charge in [-0.15, -0.1) is 0 Å². The Morgan fingerprint density at radius 1 is 1.38 bits per heavy atom. The van der Waals surface area contributed by atoms with Crippen molar-refractivity contribution in [2.45, 2.75) is 0 Å². The van der Waals surface area contributed by atoms with Crippen molar-refractivity contribution < 1.29 is 14.8 Å². The SMILES string of the molecule is NC(=O)c1ccccc1Cl.O[B]O. The molecule has 13 heavy (non-hydrogen) atoms. The Morgan fingerprint density at radius 2 is 1.85 bits per heavy atom. The molecule has 1 rings (SSSR count). The molecule has 1 aromatic carbocycles. The molecule has 1 radical (unpaired) electrons. The first-order valence-electron chi connectivity index (χ1n) is 3.28. The van der Waals surface area contributed by atoms with E-state index in [2.05, 4.69) is 0 Å². The number of hydrogen-bond acceptors (Lipinski definition) is 3. The zero-order valence-electron chi connectivity index (χ0n) is 6.64. The van der Waals surface area contributed by atoms with Gasteiger partial charge < -0.3 is 15.8 Å². The Balaban J connectivity index is 0.000000424.